The highest BCUT2D eigenvalue weighted by molar-refractivity contribution is 6.04. The molecule has 5 nitrogen and oxygen atoms in total. The van der Waals surface area contributed by atoms with Crippen LogP contribution in [0.15, 0.2) is 24.3 Å². The molecule has 0 unspecified atom stereocenters. The second-order valence-electron chi connectivity index (χ2n) is 5.11. The molecule has 1 saturated heterocycles. The fraction of sp³-hybridized carbons (Fsp3) is 0.467. The van der Waals surface area contributed by atoms with Crippen LogP contribution in [-0.2, 0) is 9.53 Å². The van der Waals surface area contributed by atoms with E-state index in [1.165, 1.54) is 0 Å². The lowest BCUT2D eigenvalue weighted by Gasteiger charge is -2.33. The van der Waals surface area contributed by atoms with Gasteiger partial charge in [0.15, 0.2) is 5.78 Å². The number of carbonyl (C=O) groups excluding carboxylic acids is 2. The monoisotopic (exact) mass is 274 g/mol. The van der Waals surface area contributed by atoms with E-state index in [0.717, 1.165) is 11.3 Å². The van der Waals surface area contributed by atoms with Crippen molar-refractivity contribution in [2.45, 2.75) is 6.42 Å². The van der Waals surface area contributed by atoms with Gasteiger partial charge < -0.3 is 14.5 Å². The number of Topliss-reactive ketones (excluding diaryl/α,β-unsaturated/α-hetero) is 1. The molecule has 0 N–H and O–H groups in total. The van der Waals surface area contributed by atoms with Crippen LogP contribution in [0.25, 0.3) is 0 Å². The molecule has 0 atom stereocenters. The van der Waals surface area contributed by atoms with Gasteiger partial charge in [0.2, 0.25) is 5.91 Å². The molecule has 5 heteroatoms. The summed E-state index contributed by atoms with van der Waals surface area (Å²) in [7, 11) is 0. The van der Waals surface area contributed by atoms with E-state index in [9.17, 15) is 9.59 Å². The Bertz CT molecular complexity index is 524. The summed E-state index contributed by atoms with van der Waals surface area (Å²) >= 11 is 0. The van der Waals surface area contributed by atoms with Gasteiger partial charge in [-0.05, 0) is 12.1 Å². The van der Waals surface area contributed by atoms with E-state index in [2.05, 4.69) is 0 Å². The van der Waals surface area contributed by atoms with Gasteiger partial charge >= 0.3 is 0 Å². The van der Waals surface area contributed by atoms with Gasteiger partial charge in [-0.25, -0.2) is 0 Å². The van der Waals surface area contributed by atoms with Crippen LogP contribution in [-0.4, -0.2) is 56.0 Å². The maximum atomic E-state index is 12.3. The van der Waals surface area contributed by atoms with Gasteiger partial charge in [-0.2, -0.15) is 0 Å². The minimum absolute atomic E-state index is 0.109. The fourth-order valence-electron chi connectivity index (χ4n) is 2.72. The summed E-state index contributed by atoms with van der Waals surface area (Å²) in [4.78, 5) is 28.0. The average Bonchev–Trinajstić information content (AvgIpc) is 2.51. The number of para-hydroxylation sites is 1. The number of amides is 1. The first-order valence-corrected chi connectivity index (χ1v) is 6.98. The lowest BCUT2D eigenvalue weighted by Crippen LogP contribution is -2.47. The Balaban J connectivity index is 1.73. The molecule has 2 aliphatic heterocycles. The van der Waals surface area contributed by atoms with Gasteiger partial charge in [0.05, 0.1) is 19.8 Å². The van der Waals surface area contributed by atoms with Crippen molar-refractivity contribution in [1.82, 2.24) is 4.90 Å². The van der Waals surface area contributed by atoms with Gasteiger partial charge in [0, 0.05) is 37.3 Å². The van der Waals surface area contributed by atoms with Crippen LogP contribution in [0.5, 0.6) is 0 Å². The quantitative estimate of drug-likeness (QED) is 0.805. The Hall–Kier alpha value is -1.88. The molecule has 2 heterocycles. The average molecular weight is 274 g/mol. The van der Waals surface area contributed by atoms with E-state index in [1.807, 2.05) is 34.1 Å². The van der Waals surface area contributed by atoms with E-state index in [-0.39, 0.29) is 11.7 Å². The molecule has 0 saturated carbocycles. The Morgan fingerprint density at radius 1 is 1.15 bits per heavy atom. The zero-order valence-corrected chi connectivity index (χ0v) is 11.4. The number of anilines is 1. The molecule has 0 aliphatic carbocycles. The van der Waals surface area contributed by atoms with Gasteiger partial charge in [-0.1, -0.05) is 12.1 Å². The van der Waals surface area contributed by atoms with Crippen LogP contribution in [0, 0.1) is 0 Å². The molecule has 20 heavy (non-hydrogen) atoms. The van der Waals surface area contributed by atoms with E-state index in [4.69, 9.17) is 4.74 Å². The van der Waals surface area contributed by atoms with Crippen LogP contribution < -0.4 is 4.90 Å². The van der Waals surface area contributed by atoms with Crippen LogP contribution >= 0.6 is 0 Å². The molecule has 1 fully saturated rings. The SMILES string of the molecule is O=C1CCN(CC(=O)N2CCOCC2)c2ccccc21. The molecule has 0 spiro atoms. The van der Waals surface area contributed by atoms with Gasteiger partial charge in [-0.3, -0.25) is 9.59 Å². The lowest BCUT2D eigenvalue weighted by molar-refractivity contribution is -0.133. The minimum atomic E-state index is 0.109. The Morgan fingerprint density at radius 2 is 1.90 bits per heavy atom. The first-order valence-electron chi connectivity index (χ1n) is 6.98. The van der Waals surface area contributed by atoms with Crippen LogP contribution in [0.3, 0.4) is 0 Å². The first-order chi connectivity index (χ1) is 9.75. The maximum Gasteiger partial charge on any atom is 0.242 e. The summed E-state index contributed by atoms with van der Waals surface area (Å²) in [6, 6.07) is 7.52. The number of hydrogen-bond acceptors (Lipinski definition) is 4. The van der Waals surface area contributed by atoms with Crippen molar-refractivity contribution in [1.29, 1.82) is 0 Å². The second kappa shape index (κ2) is 5.63. The van der Waals surface area contributed by atoms with Gasteiger partial charge in [0.1, 0.15) is 0 Å². The van der Waals surface area contributed by atoms with Crippen molar-refractivity contribution < 1.29 is 14.3 Å². The third kappa shape index (κ3) is 2.54. The van der Waals surface area contributed by atoms with Gasteiger partial charge in [-0.15, -0.1) is 0 Å². The van der Waals surface area contributed by atoms with Crippen molar-refractivity contribution in [2.75, 3.05) is 44.3 Å². The lowest BCUT2D eigenvalue weighted by atomic mass is 10.0. The largest absolute Gasteiger partial charge is 0.378 e. The number of rotatable bonds is 2. The molecule has 1 aromatic carbocycles. The first kappa shape index (κ1) is 13.1. The molecule has 0 radical (unpaired) electrons. The zero-order valence-electron chi connectivity index (χ0n) is 11.4. The number of ketones is 1. The van der Waals surface area contributed by atoms with E-state index in [1.54, 1.807) is 0 Å². The standard InChI is InChI=1S/C15H18N2O3/c18-14-5-6-17(13-4-2-1-3-12(13)14)11-15(19)16-7-9-20-10-8-16/h1-4H,5-11H2. The summed E-state index contributed by atoms with van der Waals surface area (Å²) < 4.78 is 5.26. The van der Waals surface area contributed by atoms with Gasteiger partial charge in [0.25, 0.3) is 0 Å². The number of ether oxygens (including phenoxy) is 1. The van der Waals surface area contributed by atoms with E-state index in [0.29, 0.717) is 45.8 Å². The highest BCUT2D eigenvalue weighted by Gasteiger charge is 2.26. The summed E-state index contributed by atoms with van der Waals surface area (Å²) in [6.45, 7) is 3.50. The summed E-state index contributed by atoms with van der Waals surface area (Å²) in [6.07, 6.45) is 0.480. The summed E-state index contributed by atoms with van der Waals surface area (Å²) in [5.41, 5.74) is 1.61. The highest BCUT2D eigenvalue weighted by Crippen LogP contribution is 2.26. The zero-order chi connectivity index (χ0) is 13.9. The molecule has 0 bridgehead atoms. The number of morpholine rings is 1. The third-order valence-electron chi connectivity index (χ3n) is 3.84. The maximum absolute atomic E-state index is 12.3. The smallest absolute Gasteiger partial charge is 0.242 e. The van der Waals surface area contributed by atoms with E-state index >= 15 is 0 Å². The fourth-order valence-corrected chi connectivity index (χ4v) is 2.72. The number of carbonyl (C=O) groups is 2. The van der Waals surface area contributed by atoms with Crippen LogP contribution in [0.4, 0.5) is 5.69 Å². The Labute approximate surface area is 118 Å². The van der Waals surface area contributed by atoms with Crippen molar-refractivity contribution in [2.24, 2.45) is 0 Å². The molecule has 106 valence electrons. The van der Waals surface area contributed by atoms with E-state index < -0.39 is 0 Å². The van der Waals surface area contributed by atoms with Crippen molar-refractivity contribution in [3.05, 3.63) is 29.8 Å². The molecule has 2 aliphatic rings. The summed E-state index contributed by atoms with van der Waals surface area (Å²) in [5.74, 6) is 0.271. The second-order valence-corrected chi connectivity index (χ2v) is 5.11. The molecule has 3 rings (SSSR count). The Morgan fingerprint density at radius 3 is 2.70 bits per heavy atom. The minimum Gasteiger partial charge on any atom is -0.378 e. The van der Waals surface area contributed by atoms with Crippen molar-refractivity contribution in [3.63, 3.8) is 0 Å². The summed E-state index contributed by atoms with van der Waals surface area (Å²) in [5, 5.41) is 0. The van der Waals surface area contributed by atoms with Crippen molar-refractivity contribution in [3.8, 4) is 0 Å². The topological polar surface area (TPSA) is 49.9 Å². The van der Waals surface area contributed by atoms with Crippen LogP contribution in [0.2, 0.25) is 0 Å². The normalized spacial score (nSPS) is 18.9. The molecule has 0 aromatic heterocycles. The Kier molecular flexibility index (Phi) is 3.69. The van der Waals surface area contributed by atoms with Crippen molar-refractivity contribution >= 4 is 17.4 Å². The third-order valence-corrected chi connectivity index (χ3v) is 3.84. The molecular formula is C15H18N2O3. The number of hydrogen-bond donors (Lipinski definition) is 0. The number of nitrogens with zero attached hydrogens (tertiary/aromatic N) is 2. The number of benzene rings is 1. The number of fused-ring (bicyclic) bond motifs is 1. The molecule has 1 amide bonds. The van der Waals surface area contributed by atoms with Crippen LogP contribution in [0.1, 0.15) is 16.8 Å². The molecule has 1 aromatic rings. The molecular weight excluding hydrogens is 256 g/mol. The predicted molar refractivity (Wildman–Crippen MR) is 75.0 cm³/mol. The predicted octanol–water partition coefficient (Wildman–Crippen LogP) is 0.938. The highest BCUT2D eigenvalue weighted by atomic mass is 16.5.